The number of nitrogens with zero attached hydrogens (tertiary/aromatic N) is 1. The lowest BCUT2D eigenvalue weighted by Crippen LogP contribution is -2.34. The van der Waals surface area contributed by atoms with Gasteiger partial charge in [-0.15, -0.1) is 0 Å². The largest absolute Gasteiger partial charge is 0.378 e. The van der Waals surface area contributed by atoms with Crippen LogP contribution in [0.3, 0.4) is 0 Å². The first kappa shape index (κ1) is 22.8. The van der Waals surface area contributed by atoms with Crippen molar-refractivity contribution < 1.29 is 17.9 Å². The van der Waals surface area contributed by atoms with E-state index in [1.807, 2.05) is 12.1 Å². The van der Waals surface area contributed by atoms with Gasteiger partial charge in [-0.05, 0) is 70.2 Å². The standard InChI is InChI=1S/C22H33N3O4S/c1-4-25-20-8-6-5-7-18(20)19-15-17(9-10-21(19)25)22(26)23-11-13-29-14-12-24-30(27,28)16(2)3/h9-10,15-16,24H,4-8,11-14H2,1-3H3,(H,23,26). The summed E-state index contributed by atoms with van der Waals surface area (Å²) in [5.74, 6) is -0.116. The Bertz CT molecular complexity index is 995. The molecular weight excluding hydrogens is 402 g/mol. The molecule has 7 nitrogen and oxygen atoms in total. The van der Waals surface area contributed by atoms with E-state index in [9.17, 15) is 13.2 Å². The molecule has 0 unspecified atom stereocenters. The zero-order valence-electron chi connectivity index (χ0n) is 18.2. The monoisotopic (exact) mass is 435 g/mol. The molecule has 8 heteroatoms. The van der Waals surface area contributed by atoms with Crippen LogP contribution in [0.1, 0.15) is 55.2 Å². The maximum absolute atomic E-state index is 12.6. The van der Waals surface area contributed by atoms with Crippen LogP contribution in [0.4, 0.5) is 0 Å². The van der Waals surface area contributed by atoms with Gasteiger partial charge in [-0.3, -0.25) is 4.79 Å². The number of amides is 1. The summed E-state index contributed by atoms with van der Waals surface area (Å²) in [5.41, 5.74) is 4.71. The van der Waals surface area contributed by atoms with Crippen LogP contribution < -0.4 is 10.0 Å². The topological polar surface area (TPSA) is 89.4 Å². The summed E-state index contributed by atoms with van der Waals surface area (Å²) in [7, 11) is -3.27. The molecule has 1 aliphatic carbocycles. The Morgan fingerprint density at radius 1 is 1.17 bits per heavy atom. The first-order valence-electron chi connectivity index (χ1n) is 10.8. The van der Waals surface area contributed by atoms with Gasteiger partial charge in [0.15, 0.2) is 0 Å². The quantitative estimate of drug-likeness (QED) is 0.562. The molecule has 166 valence electrons. The Morgan fingerprint density at radius 2 is 1.90 bits per heavy atom. The maximum Gasteiger partial charge on any atom is 0.251 e. The molecule has 1 aromatic carbocycles. The molecule has 2 aromatic rings. The van der Waals surface area contributed by atoms with E-state index in [2.05, 4.69) is 27.6 Å². The number of aryl methyl sites for hydroxylation is 2. The number of carbonyl (C=O) groups excluding carboxylic acids is 1. The Kier molecular flexibility index (Phi) is 7.55. The number of hydrogen-bond acceptors (Lipinski definition) is 4. The van der Waals surface area contributed by atoms with Gasteiger partial charge in [0.05, 0.1) is 18.5 Å². The minimum atomic E-state index is -3.27. The number of aromatic nitrogens is 1. The number of benzene rings is 1. The van der Waals surface area contributed by atoms with Crippen LogP contribution in [0, 0.1) is 0 Å². The first-order chi connectivity index (χ1) is 14.3. The number of carbonyl (C=O) groups is 1. The van der Waals surface area contributed by atoms with Gasteiger partial charge >= 0.3 is 0 Å². The summed E-state index contributed by atoms with van der Waals surface area (Å²) >= 11 is 0. The molecule has 0 aliphatic heterocycles. The van der Waals surface area contributed by atoms with E-state index >= 15 is 0 Å². The number of ether oxygens (including phenoxy) is 1. The van der Waals surface area contributed by atoms with Gasteiger partial charge in [0.1, 0.15) is 0 Å². The lowest BCUT2D eigenvalue weighted by atomic mass is 9.95. The van der Waals surface area contributed by atoms with Crippen molar-refractivity contribution >= 4 is 26.8 Å². The van der Waals surface area contributed by atoms with Crippen LogP contribution in [0.2, 0.25) is 0 Å². The number of fused-ring (bicyclic) bond motifs is 3. The fourth-order valence-electron chi connectivity index (χ4n) is 4.00. The second-order valence-corrected chi connectivity index (χ2v) is 10.3. The van der Waals surface area contributed by atoms with Crippen LogP contribution in [-0.2, 0) is 34.1 Å². The third kappa shape index (κ3) is 5.04. The highest BCUT2D eigenvalue weighted by Gasteiger charge is 2.20. The molecule has 0 fully saturated rings. The van der Waals surface area contributed by atoms with Crippen LogP contribution in [0.25, 0.3) is 10.9 Å². The summed E-state index contributed by atoms with van der Waals surface area (Å²) in [5, 5.41) is 3.62. The number of sulfonamides is 1. The van der Waals surface area contributed by atoms with Crippen LogP contribution >= 0.6 is 0 Å². The molecule has 1 aliphatic rings. The highest BCUT2D eigenvalue weighted by Crippen LogP contribution is 2.32. The molecule has 30 heavy (non-hydrogen) atoms. The maximum atomic E-state index is 12.6. The molecule has 3 rings (SSSR count). The highest BCUT2D eigenvalue weighted by molar-refractivity contribution is 7.90. The van der Waals surface area contributed by atoms with Crippen molar-refractivity contribution in [2.75, 3.05) is 26.3 Å². The van der Waals surface area contributed by atoms with Gasteiger partial charge < -0.3 is 14.6 Å². The van der Waals surface area contributed by atoms with Crippen molar-refractivity contribution in [2.45, 2.75) is 58.2 Å². The van der Waals surface area contributed by atoms with Gasteiger partial charge in [0.2, 0.25) is 10.0 Å². The molecule has 0 spiro atoms. The second-order valence-electron chi connectivity index (χ2n) is 7.96. The SMILES string of the molecule is CCn1c2c(c3cc(C(=O)NCCOCCNS(=O)(=O)C(C)C)ccc31)CCCC2. The van der Waals surface area contributed by atoms with E-state index in [0.717, 1.165) is 19.4 Å². The molecule has 1 heterocycles. The molecule has 0 saturated heterocycles. The Labute approximate surface area is 179 Å². The number of rotatable bonds is 10. The summed E-state index contributed by atoms with van der Waals surface area (Å²) in [6.07, 6.45) is 4.63. The van der Waals surface area contributed by atoms with Gasteiger partial charge in [-0.2, -0.15) is 0 Å². The van der Waals surface area contributed by atoms with E-state index in [1.165, 1.54) is 35.0 Å². The molecule has 0 bridgehead atoms. The Morgan fingerprint density at radius 3 is 2.63 bits per heavy atom. The fourth-order valence-corrected chi connectivity index (χ4v) is 4.70. The summed E-state index contributed by atoms with van der Waals surface area (Å²) < 4.78 is 33.6. The average Bonchev–Trinajstić information content (AvgIpc) is 3.05. The predicted molar refractivity (Wildman–Crippen MR) is 119 cm³/mol. The molecule has 1 aromatic heterocycles. The van der Waals surface area contributed by atoms with Crippen LogP contribution in [0.15, 0.2) is 18.2 Å². The molecule has 1 amide bonds. The van der Waals surface area contributed by atoms with E-state index in [4.69, 9.17) is 4.74 Å². The minimum absolute atomic E-state index is 0.116. The van der Waals surface area contributed by atoms with Crippen LogP contribution in [-0.4, -0.2) is 50.4 Å². The third-order valence-electron chi connectivity index (χ3n) is 5.66. The van der Waals surface area contributed by atoms with Gasteiger partial charge in [0, 0.05) is 41.8 Å². The lowest BCUT2D eigenvalue weighted by molar-refractivity contribution is 0.0919. The average molecular weight is 436 g/mol. The molecule has 0 atom stereocenters. The second kappa shape index (κ2) is 9.94. The van der Waals surface area contributed by atoms with E-state index in [1.54, 1.807) is 13.8 Å². The van der Waals surface area contributed by atoms with Crippen molar-refractivity contribution in [2.24, 2.45) is 0 Å². The third-order valence-corrected chi connectivity index (χ3v) is 7.51. The Balaban J connectivity index is 1.51. The minimum Gasteiger partial charge on any atom is -0.378 e. The van der Waals surface area contributed by atoms with Gasteiger partial charge in [-0.25, -0.2) is 13.1 Å². The molecule has 0 radical (unpaired) electrons. The smallest absolute Gasteiger partial charge is 0.251 e. The van der Waals surface area contributed by atoms with E-state index < -0.39 is 15.3 Å². The van der Waals surface area contributed by atoms with Gasteiger partial charge in [-0.1, -0.05) is 0 Å². The number of nitrogens with one attached hydrogen (secondary N) is 2. The number of hydrogen-bond donors (Lipinski definition) is 2. The van der Waals surface area contributed by atoms with E-state index in [0.29, 0.717) is 18.7 Å². The normalized spacial score (nSPS) is 14.3. The lowest BCUT2D eigenvalue weighted by Gasteiger charge is -2.14. The van der Waals surface area contributed by atoms with Crippen molar-refractivity contribution in [3.63, 3.8) is 0 Å². The highest BCUT2D eigenvalue weighted by atomic mass is 32.2. The zero-order chi connectivity index (χ0) is 21.7. The van der Waals surface area contributed by atoms with E-state index in [-0.39, 0.29) is 19.1 Å². The summed E-state index contributed by atoms with van der Waals surface area (Å²) in [6, 6.07) is 5.96. The summed E-state index contributed by atoms with van der Waals surface area (Å²) in [4.78, 5) is 12.6. The van der Waals surface area contributed by atoms with Crippen molar-refractivity contribution in [3.8, 4) is 0 Å². The zero-order valence-corrected chi connectivity index (χ0v) is 19.0. The summed E-state index contributed by atoms with van der Waals surface area (Å²) in [6.45, 7) is 7.58. The van der Waals surface area contributed by atoms with Crippen molar-refractivity contribution in [1.82, 2.24) is 14.6 Å². The van der Waals surface area contributed by atoms with Crippen molar-refractivity contribution in [1.29, 1.82) is 0 Å². The molecule has 2 N–H and O–H groups in total. The predicted octanol–water partition coefficient (Wildman–Crippen LogP) is 2.61. The van der Waals surface area contributed by atoms with Crippen molar-refractivity contribution in [3.05, 3.63) is 35.0 Å². The van der Waals surface area contributed by atoms with Crippen LogP contribution in [0.5, 0.6) is 0 Å². The Hall–Kier alpha value is -1.90. The first-order valence-corrected chi connectivity index (χ1v) is 12.4. The molecular formula is C22H33N3O4S. The molecule has 0 saturated carbocycles. The van der Waals surface area contributed by atoms with Gasteiger partial charge in [0.25, 0.3) is 5.91 Å². The fraction of sp³-hybridized carbons (Fsp3) is 0.591.